The van der Waals surface area contributed by atoms with E-state index in [0.29, 0.717) is 23.4 Å². The second kappa shape index (κ2) is 8.13. The van der Waals surface area contributed by atoms with E-state index in [1.54, 1.807) is 29.4 Å². The quantitative estimate of drug-likeness (QED) is 0.461. The summed E-state index contributed by atoms with van der Waals surface area (Å²) in [4.78, 5) is 31.1. The van der Waals surface area contributed by atoms with Crippen LogP contribution in [0.25, 0.3) is 6.08 Å². The van der Waals surface area contributed by atoms with Crippen LogP contribution in [0.1, 0.15) is 44.6 Å². The van der Waals surface area contributed by atoms with Crippen LogP contribution >= 0.6 is 0 Å². The summed E-state index contributed by atoms with van der Waals surface area (Å²) >= 11 is 0. The zero-order valence-electron chi connectivity index (χ0n) is 15.3. The molecular formula is C21H24N2O3. The number of ether oxygens (including phenoxy) is 1. The third-order valence-corrected chi connectivity index (χ3v) is 4.94. The molecule has 0 radical (unpaired) electrons. The van der Waals surface area contributed by atoms with Crippen molar-refractivity contribution in [1.29, 1.82) is 0 Å². The number of esters is 1. The lowest BCUT2D eigenvalue weighted by molar-refractivity contribution is -0.136. The molecule has 1 aromatic heterocycles. The number of hydrogen-bond acceptors (Lipinski definition) is 4. The van der Waals surface area contributed by atoms with Crippen LogP contribution in [0.3, 0.4) is 0 Å². The molecule has 26 heavy (non-hydrogen) atoms. The van der Waals surface area contributed by atoms with Gasteiger partial charge in [0.05, 0.1) is 18.3 Å². The number of methoxy groups -OCH3 is 1. The lowest BCUT2D eigenvalue weighted by atomic mass is 9.97. The van der Waals surface area contributed by atoms with E-state index in [-0.39, 0.29) is 5.91 Å². The van der Waals surface area contributed by atoms with Gasteiger partial charge in [-0.2, -0.15) is 0 Å². The molecule has 1 aliphatic heterocycles. The SMILES string of the molecule is COC(=O)C1=C(C)N(CCC2=CCCCC2)C(=O)/C1=C\c1cccnc1. The van der Waals surface area contributed by atoms with Gasteiger partial charge in [-0.15, -0.1) is 0 Å². The number of nitrogens with zero attached hydrogens (tertiary/aromatic N) is 2. The fourth-order valence-electron chi connectivity index (χ4n) is 3.51. The molecule has 3 rings (SSSR count). The van der Waals surface area contributed by atoms with Gasteiger partial charge in [-0.3, -0.25) is 9.78 Å². The third-order valence-electron chi connectivity index (χ3n) is 4.94. The Morgan fingerprint density at radius 2 is 2.23 bits per heavy atom. The van der Waals surface area contributed by atoms with Crippen LogP contribution in [0.2, 0.25) is 0 Å². The van der Waals surface area contributed by atoms with E-state index in [1.165, 1.54) is 25.5 Å². The Bertz CT molecular complexity index is 791. The Hall–Kier alpha value is -2.69. The molecular weight excluding hydrogens is 328 g/mol. The molecule has 0 bridgehead atoms. The molecule has 0 saturated heterocycles. The minimum absolute atomic E-state index is 0.150. The summed E-state index contributed by atoms with van der Waals surface area (Å²) in [5.74, 6) is -0.631. The van der Waals surface area contributed by atoms with E-state index in [9.17, 15) is 9.59 Å². The van der Waals surface area contributed by atoms with Gasteiger partial charge in [0.1, 0.15) is 0 Å². The van der Waals surface area contributed by atoms with Crippen LogP contribution in [-0.2, 0) is 14.3 Å². The van der Waals surface area contributed by atoms with E-state index >= 15 is 0 Å². The van der Waals surface area contributed by atoms with Gasteiger partial charge in [0.15, 0.2) is 0 Å². The molecule has 2 aliphatic rings. The fraction of sp³-hybridized carbons (Fsp3) is 0.381. The Morgan fingerprint density at radius 3 is 2.88 bits per heavy atom. The van der Waals surface area contributed by atoms with Crippen molar-refractivity contribution in [2.45, 2.75) is 39.0 Å². The second-order valence-electron chi connectivity index (χ2n) is 6.61. The van der Waals surface area contributed by atoms with Crippen LogP contribution in [0.5, 0.6) is 0 Å². The lowest BCUT2D eigenvalue weighted by Gasteiger charge is -2.20. The summed E-state index contributed by atoms with van der Waals surface area (Å²) in [5.41, 5.74) is 3.57. The van der Waals surface area contributed by atoms with Crippen molar-refractivity contribution in [3.63, 3.8) is 0 Å². The van der Waals surface area contributed by atoms with Crippen molar-refractivity contribution in [2.24, 2.45) is 0 Å². The summed E-state index contributed by atoms with van der Waals surface area (Å²) in [6.45, 7) is 2.39. The number of carbonyl (C=O) groups excluding carboxylic acids is 2. The van der Waals surface area contributed by atoms with Gasteiger partial charge < -0.3 is 9.64 Å². The molecule has 1 aliphatic carbocycles. The fourth-order valence-corrected chi connectivity index (χ4v) is 3.51. The summed E-state index contributed by atoms with van der Waals surface area (Å²) < 4.78 is 4.92. The number of aromatic nitrogens is 1. The van der Waals surface area contributed by atoms with Crippen molar-refractivity contribution in [2.75, 3.05) is 13.7 Å². The molecule has 2 heterocycles. The topological polar surface area (TPSA) is 59.5 Å². The minimum Gasteiger partial charge on any atom is -0.465 e. The molecule has 0 aromatic carbocycles. The highest BCUT2D eigenvalue weighted by molar-refractivity contribution is 6.16. The van der Waals surface area contributed by atoms with Crippen LogP contribution in [0.15, 0.2) is 53.0 Å². The molecule has 0 fully saturated rings. The van der Waals surface area contributed by atoms with Crippen molar-refractivity contribution in [3.05, 3.63) is 58.6 Å². The van der Waals surface area contributed by atoms with Gasteiger partial charge in [0, 0.05) is 24.6 Å². The van der Waals surface area contributed by atoms with Crippen LogP contribution in [-0.4, -0.2) is 35.4 Å². The van der Waals surface area contributed by atoms with Crippen molar-refractivity contribution < 1.29 is 14.3 Å². The Labute approximate surface area is 154 Å². The maximum atomic E-state index is 13.0. The first-order valence-electron chi connectivity index (χ1n) is 9.03. The average Bonchev–Trinajstić information content (AvgIpc) is 2.91. The Morgan fingerprint density at radius 1 is 1.38 bits per heavy atom. The zero-order chi connectivity index (χ0) is 18.5. The smallest absolute Gasteiger partial charge is 0.340 e. The lowest BCUT2D eigenvalue weighted by Crippen LogP contribution is -2.26. The van der Waals surface area contributed by atoms with Crippen molar-refractivity contribution in [1.82, 2.24) is 9.88 Å². The average molecular weight is 352 g/mol. The summed E-state index contributed by atoms with van der Waals surface area (Å²) in [5, 5.41) is 0. The standard InChI is InChI=1S/C21H24N2O3/c1-15-19(21(25)26-2)18(13-17-9-6-11-22-14-17)20(24)23(15)12-10-16-7-4-3-5-8-16/h6-7,9,11,13-14H,3-5,8,10,12H2,1-2H3/b18-13-. The number of amides is 1. The molecule has 0 saturated carbocycles. The summed E-state index contributed by atoms with van der Waals surface area (Å²) in [6, 6.07) is 3.65. The van der Waals surface area contributed by atoms with E-state index in [2.05, 4.69) is 11.1 Å². The highest BCUT2D eigenvalue weighted by Gasteiger charge is 2.36. The number of rotatable bonds is 5. The highest BCUT2D eigenvalue weighted by atomic mass is 16.5. The minimum atomic E-state index is -0.481. The van der Waals surface area contributed by atoms with Crippen LogP contribution < -0.4 is 0 Å². The molecule has 1 amide bonds. The third kappa shape index (κ3) is 3.77. The molecule has 5 heteroatoms. The number of hydrogen-bond donors (Lipinski definition) is 0. The van der Waals surface area contributed by atoms with E-state index < -0.39 is 5.97 Å². The predicted molar refractivity (Wildman–Crippen MR) is 99.8 cm³/mol. The van der Waals surface area contributed by atoms with E-state index in [4.69, 9.17) is 4.74 Å². The predicted octanol–water partition coefficient (Wildman–Crippen LogP) is 3.64. The molecule has 0 spiro atoms. The Balaban J connectivity index is 1.88. The first-order valence-corrected chi connectivity index (χ1v) is 9.03. The number of carbonyl (C=O) groups is 2. The van der Waals surface area contributed by atoms with Gasteiger partial charge in [-0.05, 0) is 56.7 Å². The highest BCUT2D eigenvalue weighted by Crippen LogP contribution is 2.32. The zero-order valence-corrected chi connectivity index (χ0v) is 15.3. The first kappa shape index (κ1) is 18.1. The van der Waals surface area contributed by atoms with Crippen molar-refractivity contribution in [3.8, 4) is 0 Å². The van der Waals surface area contributed by atoms with Gasteiger partial charge in [-0.25, -0.2) is 4.79 Å². The molecule has 5 nitrogen and oxygen atoms in total. The normalized spacial score (nSPS) is 19.2. The molecule has 0 unspecified atom stereocenters. The summed E-state index contributed by atoms with van der Waals surface area (Å²) in [7, 11) is 1.34. The Kier molecular flexibility index (Phi) is 5.66. The van der Waals surface area contributed by atoms with Gasteiger partial charge >= 0.3 is 5.97 Å². The maximum absolute atomic E-state index is 13.0. The van der Waals surface area contributed by atoms with E-state index in [1.807, 2.05) is 13.0 Å². The van der Waals surface area contributed by atoms with Crippen molar-refractivity contribution >= 4 is 18.0 Å². The largest absolute Gasteiger partial charge is 0.465 e. The molecule has 0 atom stereocenters. The number of pyridine rings is 1. The second-order valence-corrected chi connectivity index (χ2v) is 6.61. The van der Waals surface area contributed by atoms with Gasteiger partial charge in [0.2, 0.25) is 0 Å². The van der Waals surface area contributed by atoms with E-state index in [0.717, 1.165) is 24.8 Å². The molecule has 1 aromatic rings. The first-order chi connectivity index (χ1) is 12.6. The van der Waals surface area contributed by atoms with Crippen LogP contribution in [0, 0.1) is 0 Å². The van der Waals surface area contributed by atoms with Gasteiger partial charge in [-0.1, -0.05) is 17.7 Å². The monoisotopic (exact) mass is 352 g/mol. The molecule has 0 N–H and O–H groups in total. The molecule has 136 valence electrons. The van der Waals surface area contributed by atoms with Crippen LogP contribution in [0.4, 0.5) is 0 Å². The summed E-state index contributed by atoms with van der Waals surface area (Å²) in [6.07, 6.45) is 12.9. The number of allylic oxidation sites excluding steroid dienone is 2. The maximum Gasteiger partial charge on any atom is 0.340 e. The van der Waals surface area contributed by atoms with Gasteiger partial charge in [0.25, 0.3) is 5.91 Å².